The van der Waals surface area contributed by atoms with Gasteiger partial charge in [-0.05, 0) is 30.5 Å². The predicted molar refractivity (Wildman–Crippen MR) is 76.6 cm³/mol. The van der Waals surface area contributed by atoms with Gasteiger partial charge in [0.15, 0.2) is 0 Å². The van der Waals surface area contributed by atoms with Crippen LogP contribution in [0.4, 0.5) is 5.69 Å². The molecule has 0 bridgehead atoms. The van der Waals surface area contributed by atoms with Gasteiger partial charge in [-0.25, -0.2) is 0 Å². The lowest BCUT2D eigenvalue weighted by molar-refractivity contribution is 0.328. The van der Waals surface area contributed by atoms with Crippen LogP contribution in [-0.4, -0.2) is 18.4 Å². The quantitative estimate of drug-likeness (QED) is 0.699. The second-order valence-corrected chi connectivity index (χ2v) is 5.23. The number of benzene rings is 1. The molecule has 1 rings (SSSR count). The average Bonchev–Trinajstić information content (AvgIpc) is 2.35. The summed E-state index contributed by atoms with van der Waals surface area (Å²) in [5.41, 5.74) is 6.48. The molecule has 0 saturated carbocycles. The number of nitrogens with one attached hydrogen (secondary N) is 1. The van der Waals surface area contributed by atoms with Crippen molar-refractivity contribution in [2.75, 3.05) is 17.9 Å². The zero-order chi connectivity index (χ0) is 12.5. The molecule has 0 radical (unpaired) electrons. The Hall–Kier alpha value is -0.870. The van der Waals surface area contributed by atoms with Crippen LogP contribution in [-0.2, 0) is 0 Å². The Labute approximate surface area is 108 Å². The van der Waals surface area contributed by atoms with Crippen molar-refractivity contribution in [3.8, 4) is 5.75 Å². The van der Waals surface area contributed by atoms with E-state index in [4.69, 9.17) is 10.5 Å². The molecule has 1 atom stereocenters. The van der Waals surface area contributed by atoms with Crippen LogP contribution >= 0.6 is 11.9 Å². The van der Waals surface area contributed by atoms with Crippen LogP contribution < -0.4 is 15.2 Å². The van der Waals surface area contributed by atoms with E-state index in [0.29, 0.717) is 18.4 Å². The van der Waals surface area contributed by atoms with Gasteiger partial charge < -0.3 is 15.2 Å². The van der Waals surface area contributed by atoms with Gasteiger partial charge >= 0.3 is 0 Å². The fourth-order valence-corrected chi connectivity index (χ4v) is 2.28. The number of ether oxygens (including phenoxy) is 1. The van der Waals surface area contributed by atoms with Crippen LogP contribution in [0, 0.1) is 0 Å². The van der Waals surface area contributed by atoms with Gasteiger partial charge in [0, 0.05) is 23.5 Å². The van der Waals surface area contributed by atoms with E-state index < -0.39 is 0 Å². The van der Waals surface area contributed by atoms with Gasteiger partial charge in [0.05, 0.1) is 0 Å². The van der Waals surface area contributed by atoms with Gasteiger partial charge in [-0.1, -0.05) is 26.3 Å². The minimum Gasteiger partial charge on any atom is -0.492 e. The molecule has 0 fully saturated rings. The molecular formula is C13H22N2OS. The minimum atomic E-state index is 0.542. The highest BCUT2D eigenvalue weighted by atomic mass is 32.2. The standard InChI is InChI=1S/C13H22N2OS/c1-3-5-11(2)17-15-12-6-4-7-13(10-12)16-9-8-14/h4,6-7,10-11,15H,3,5,8-9,14H2,1-2H3. The first-order valence-electron chi connectivity index (χ1n) is 6.10. The van der Waals surface area contributed by atoms with Crippen molar-refractivity contribution < 1.29 is 4.74 Å². The van der Waals surface area contributed by atoms with Gasteiger partial charge in [0.25, 0.3) is 0 Å². The Balaban J connectivity index is 2.42. The summed E-state index contributed by atoms with van der Waals surface area (Å²) < 4.78 is 8.83. The number of anilines is 1. The molecule has 17 heavy (non-hydrogen) atoms. The van der Waals surface area contributed by atoms with E-state index in [1.54, 1.807) is 11.9 Å². The van der Waals surface area contributed by atoms with E-state index in [9.17, 15) is 0 Å². The summed E-state index contributed by atoms with van der Waals surface area (Å²) in [6, 6.07) is 7.97. The van der Waals surface area contributed by atoms with Crippen molar-refractivity contribution in [3.63, 3.8) is 0 Å². The molecule has 0 aromatic heterocycles. The molecule has 0 aliphatic carbocycles. The Morgan fingerprint density at radius 1 is 1.47 bits per heavy atom. The molecule has 0 amide bonds. The summed E-state index contributed by atoms with van der Waals surface area (Å²) in [6.45, 7) is 5.54. The van der Waals surface area contributed by atoms with Crippen molar-refractivity contribution >= 4 is 17.6 Å². The van der Waals surface area contributed by atoms with E-state index in [1.807, 2.05) is 24.3 Å². The first-order valence-corrected chi connectivity index (χ1v) is 6.98. The van der Waals surface area contributed by atoms with Crippen molar-refractivity contribution in [2.45, 2.75) is 31.9 Å². The van der Waals surface area contributed by atoms with Gasteiger partial charge in [0.2, 0.25) is 0 Å². The van der Waals surface area contributed by atoms with Crippen molar-refractivity contribution in [1.29, 1.82) is 0 Å². The number of hydrogen-bond acceptors (Lipinski definition) is 4. The predicted octanol–water partition coefficient (Wildman–Crippen LogP) is 3.27. The summed E-state index contributed by atoms with van der Waals surface area (Å²) >= 11 is 1.76. The second kappa shape index (κ2) is 8.25. The molecule has 1 unspecified atom stereocenters. The fourth-order valence-electron chi connectivity index (χ4n) is 1.46. The van der Waals surface area contributed by atoms with Crippen LogP contribution in [0.2, 0.25) is 0 Å². The van der Waals surface area contributed by atoms with Gasteiger partial charge in [0.1, 0.15) is 12.4 Å². The van der Waals surface area contributed by atoms with Gasteiger partial charge in [-0.3, -0.25) is 0 Å². The van der Waals surface area contributed by atoms with E-state index in [1.165, 1.54) is 12.8 Å². The zero-order valence-electron chi connectivity index (χ0n) is 10.6. The molecule has 1 aromatic rings. The molecule has 1 aromatic carbocycles. The van der Waals surface area contributed by atoms with Crippen LogP contribution in [0.1, 0.15) is 26.7 Å². The lowest BCUT2D eigenvalue weighted by atomic mass is 10.3. The van der Waals surface area contributed by atoms with Crippen molar-refractivity contribution in [1.82, 2.24) is 0 Å². The number of hydrogen-bond donors (Lipinski definition) is 2. The lowest BCUT2D eigenvalue weighted by Crippen LogP contribution is -2.10. The highest BCUT2D eigenvalue weighted by Gasteiger charge is 2.02. The molecule has 0 spiro atoms. The Morgan fingerprint density at radius 3 is 3.00 bits per heavy atom. The maximum absolute atomic E-state index is 5.48. The molecule has 96 valence electrons. The average molecular weight is 254 g/mol. The third-order valence-electron chi connectivity index (χ3n) is 2.29. The zero-order valence-corrected chi connectivity index (χ0v) is 11.4. The summed E-state index contributed by atoms with van der Waals surface area (Å²) in [6.07, 6.45) is 2.44. The van der Waals surface area contributed by atoms with E-state index >= 15 is 0 Å². The monoisotopic (exact) mass is 254 g/mol. The molecule has 3 N–H and O–H groups in total. The third kappa shape index (κ3) is 5.84. The van der Waals surface area contributed by atoms with E-state index in [2.05, 4.69) is 18.6 Å². The maximum Gasteiger partial charge on any atom is 0.121 e. The van der Waals surface area contributed by atoms with Crippen LogP contribution in [0.5, 0.6) is 5.75 Å². The first-order chi connectivity index (χ1) is 8.26. The fraction of sp³-hybridized carbons (Fsp3) is 0.538. The third-order valence-corrected chi connectivity index (χ3v) is 3.29. The van der Waals surface area contributed by atoms with Crippen LogP contribution in [0.25, 0.3) is 0 Å². The van der Waals surface area contributed by atoms with Crippen LogP contribution in [0.15, 0.2) is 24.3 Å². The molecule has 0 saturated heterocycles. The summed E-state index contributed by atoms with van der Waals surface area (Å²) in [5, 5.41) is 0.619. The Bertz CT molecular complexity index is 320. The molecular weight excluding hydrogens is 232 g/mol. The second-order valence-electron chi connectivity index (χ2n) is 3.98. The highest BCUT2D eigenvalue weighted by molar-refractivity contribution is 8.01. The Morgan fingerprint density at radius 2 is 2.29 bits per heavy atom. The van der Waals surface area contributed by atoms with E-state index in [-0.39, 0.29) is 0 Å². The summed E-state index contributed by atoms with van der Waals surface area (Å²) in [4.78, 5) is 0. The van der Waals surface area contributed by atoms with Crippen molar-refractivity contribution in [2.24, 2.45) is 5.73 Å². The molecule has 4 heteroatoms. The number of rotatable bonds is 8. The SMILES string of the molecule is CCCC(C)SNc1cccc(OCCN)c1. The Kier molecular flexibility index (Phi) is 6.89. The molecule has 0 aliphatic rings. The lowest BCUT2D eigenvalue weighted by Gasteiger charge is -2.12. The topological polar surface area (TPSA) is 47.3 Å². The number of nitrogens with two attached hydrogens (primary N) is 1. The largest absolute Gasteiger partial charge is 0.492 e. The van der Waals surface area contributed by atoms with Gasteiger partial charge in [-0.15, -0.1) is 0 Å². The van der Waals surface area contributed by atoms with Crippen molar-refractivity contribution in [3.05, 3.63) is 24.3 Å². The summed E-state index contributed by atoms with van der Waals surface area (Å²) in [5.74, 6) is 0.865. The van der Waals surface area contributed by atoms with Crippen LogP contribution in [0.3, 0.4) is 0 Å². The van der Waals surface area contributed by atoms with E-state index in [0.717, 1.165) is 11.4 Å². The molecule has 0 aliphatic heterocycles. The smallest absolute Gasteiger partial charge is 0.121 e. The normalized spacial score (nSPS) is 12.2. The maximum atomic E-state index is 5.48. The van der Waals surface area contributed by atoms with Gasteiger partial charge in [-0.2, -0.15) is 0 Å². The summed E-state index contributed by atoms with van der Waals surface area (Å²) in [7, 11) is 0. The highest BCUT2D eigenvalue weighted by Crippen LogP contribution is 2.23. The molecule has 3 nitrogen and oxygen atoms in total. The first kappa shape index (κ1) is 14.2. The minimum absolute atomic E-state index is 0.542. The molecule has 0 heterocycles.